The van der Waals surface area contributed by atoms with E-state index >= 15 is 0 Å². The predicted molar refractivity (Wildman–Crippen MR) is 140 cm³/mol. The van der Waals surface area contributed by atoms with Crippen molar-refractivity contribution in [3.05, 3.63) is 66.4 Å². The van der Waals surface area contributed by atoms with Gasteiger partial charge in [-0.05, 0) is 54.6 Å². The van der Waals surface area contributed by atoms with E-state index in [1.165, 1.54) is 11.4 Å². The van der Waals surface area contributed by atoms with Gasteiger partial charge in [0.05, 0.1) is 33.1 Å². The molecule has 1 aromatic heterocycles. The average Bonchev–Trinajstić information content (AvgIpc) is 2.97. The highest BCUT2D eigenvalue weighted by Gasteiger charge is 2.24. The molecule has 0 bridgehead atoms. The molecule has 2 saturated heterocycles. The molecule has 0 saturated carbocycles. The maximum Gasteiger partial charge on any atom is 0.272 e. The van der Waals surface area contributed by atoms with Gasteiger partial charge in [-0.2, -0.15) is 0 Å². The van der Waals surface area contributed by atoms with Crippen molar-refractivity contribution >= 4 is 17.3 Å². The van der Waals surface area contributed by atoms with Gasteiger partial charge in [0.1, 0.15) is 5.69 Å². The average molecular weight is 489 g/mol. The number of aromatic nitrogens is 1. The van der Waals surface area contributed by atoms with Crippen LogP contribution in [0.1, 0.15) is 10.5 Å². The topological polar surface area (TPSA) is 67.4 Å². The van der Waals surface area contributed by atoms with Crippen LogP contribution in [0.3, 0.4) is 0 Å². The van der Waals surface area contributed by atoms with Gasteiger partial charge in [-0.15, -0.1) is 0 Å². The van der Waals surface area contributed by atoms with Crippen molar-refractivity contribution in [2.75, 3.05) is 76.5 Å². The predicted octanol–water partition coefficient (Wildman–Crippen LogP) is 3.56. The lowest BCUT2D eigenvalue weighted by molar-refractivity contribution is 0.0741. The van der Waals surface area contributed by atoms with Crippen molar-refractivity contribution in [2.24, 2.45) is 0 Å². The molecule has 1 amide bonds. The van der Waals surface area contributed by atoms with Crippen LogP contribution in [0.25, 0.3) is 11.3 Å². The van der Waals surface area contributed by atoms with Crippen LogP contribution in [0, 0.1) is 0 Å². The highest BCUT2D eigenvalue weighted by atomic mass is 16.5. The summed E-state index contributed by atoms with van der Waals surface area (Å²) in [4.78, 5) is 24.5. The lowest BCUT2D eigenvalue weighted by atomic mass is 10.1. The molecule has 5 rings (SSSR count). The minimum absolute atomic E-state index is 0.0420. The molecule has 2 aliphatic rings. The maximum absolute atomic E-state index is 13.3. The second-order valence-corrected chi connectivity index (χ2v) is 8.87. The fourth-order valence-corrected chi connectivity index (χ4v) is 4.74. The van der Waals surface area contributed by atoms with E-state index < -0.39 is 0 Å². The molecule has 8 nitrogen and oxygen atoms in total. The van der Waals surface area contributed by atoms with Crippen molar-refractivity contribution in [1.82, 2.24) is 9.88 Å². The molecule has 2 aromatic carbocycles. The number of morpholine rings is 1. The van der Waals surface area contributed by atoms with Gasteiger partial charge in [0.15, 0.2) is 11.5 Å². The zero-order valence-electron chi connectivity index (χ0n) is 20.9. The van der Waals surface area contributed by atoms with Gasteiger partial charge >= 0.3 is 0 Å². The first kappa shape index (κ1) is 23.9. The highest BCUT2D eigenvalue weighted by molar-refractivity contribution is 5.93. The van der Waals surface area contributed by atoms with Crippen LogP contribution in [0.2, 0.25) is 0 Å². The molecule has 0 spiro atoms. The molecular formula is C28H32N4O4. The Morgan fingerprint density at radius 1 is 0.778 bits per heavy atom. The van der Waals surface area contributed by atoms with Crippen molar-refractivity contribution in [1.29, 1.82) is 0 Å². The molecule has 8 heteroatoms. The van der Waals surface area contributed by atoms with Gasteiger partial charge in [0.2, 0.25) is 0 Å². The van der Waals surface area contributed by atoms with Crippen molar-refractivity contribution in [3.63, 3.8) is 0 Å². The highest BCUT2D eigenvalue weighted by Crippen LogP contribution is 2.31. The zero-order valence-corrected chi connectivity index (χ0v) is 20.9. The standard InChI is InChI=1S/C28H32N4O4/c1-34-26-11-6-21(20-27(26)35-2)24-4-3-5-25(29-24)28(33)32-14-12-30(13-15-32)22-7-9-23(10-8-22)31-16-18-36-19-17-31/h3-11,20H,12-19H2,1-2H3. The van der Waals surface area contributed by atoms with E-state index in [9.17, 15) is 4.79 Å². The summed E-state index contributed by atoms with van der Waals surface area (Å²) in [5.41, 5.74) is 4.46. The van der Waals surface area contributed by atoms with Crippen LogP contribution in [0.15, 0.2) is 60.7 Å². The summed E-state index contributed by atoms with van der Waals surface area (Å²) in [5, 5.41) is 0. The van der Waals surface area contributed by atoms with Crippen LogP contribution >= 0.6 is 0 Å². The minimum atomic E-state index is -0.0420. The Morgan fingerprint density at radius 3 is 2.06 bits per heavy atom. The number of hydrogen-bond donors (Lipinski definition) is 0. The third-order valence-electron chi connectivity index (χ3n) is 6.81. The van der Waals surface area contributed by atoms with E-state index in [2.05, 4.69) is 39.0 Å². The third-order valence-corrected chi connectivity index (χ3v) is 6.81. The van der Waals surface area contributed by atoms with Crippen molar-refractivity contribution in [3.8, 4) is 22.8 Å². The first-order chi connectivity index (χ1) is 17.7. The lowest BCUT2D eigenvalue weighted by Gasteiger charge is -2.36. The molecule has 0 N–H and O–H groups in total. The number of carbonyl (C=O) groups excluding carboxylic acids is 1. The number of ether oxygens (including phenoxy) is 3. The quantitative estimate of drug-likeness (QED) is 0.526. The molecular weight excluding hydrogens is 456 g/mol. The molecule has 0 aliphatic carbocycles. The first-order valence-corrected chi connectivity index (χ1v) is 12.3. The zero-order chi connectivity index (χ0) is 24.9. The second-order valence-electron chi connectivity index (χ2n) is 8.87. The number of benzene rings is 2. The normalized spacial score (nSPS) is 16.1. The van der Waals surface area contributed by atoms with E-state index in [-0.39, 0.29) is 5.91 Å². The molecule has 0 atom stereocenters. The Kier molecular flexibility index (Phi) is 7.23. The molecule has 2 aliphatic heterocycles. The molecule has 3 heterocycles. The van der Waals surface area contributed by atoms with Crippen LogP contribution in [-0.2, 0) is 4.74 Å². The van der Waals surface area contributed by atoms with E-state index in [4.69, 9.17) is 14.2 Å². The number of hydrogen-bond acceptors (Lipinski definition) is 7. The van der Waals surface area contributed by atoms with E-state index in [0.29, 0.717) is 30.3 Å². The third kappa shape index (κ3) is 5.09. The van der Waals surface area contributed by atoms with Crippen LogP contribution < -0.4 is 19.3 Å². The van der Waals surface area contributed by atoms with Crippen molar-refractivity contribution in [2.45, 2.75) is 0 Å². The minimum Gasteiger partial charge on any atom is -0.493 e. The monoisotopic (exact) mass is 488 g/mol. The Balaban J connectivity index is 1.22. The summed E-state index contributed by atoms with van der Waals surface area (Å²) in [5.74, 6) is 1.24. The first-order valence-electron chi connectivity index (χ1n) is 12.3. The smallest absolute Gasteiger partial charge is 0.272 e. The fourth-order valence-electron chi connectivity index (χ4n) is 4.74. The molecule has 0 radical (unpaired) electrons. The molecule has 2 fully saturated rings. The number of nitrogens with zero attached hydrogens (tertiary/aromatic N) is 4. The summed E-state index contributed by atoms with van der Waals surface area (Å²) in [7, 11) is 3.21. The number of carbonyl (C=O) groups is 1. The summed E-state index contributed by atoms with van der Waals surface area (Å²) in [6.07, 6.45) is 0. The summed E-state index contributed by atoms with van der Waals surface area (Å²) >= 11 is 0. The van der Waals surface area contributed by atoms with Gasteiger partial charge in [-0.3, -0.25) is 4.79 Å². The van der Waals surface area contributed by atoms with Crippen molar-refractivity contribution < 1.29 is 19.0 Å². The van der Waals surface area contributed by atoms with Crippen LogP contribution in [0.5, 0.6) is 11.5 Å². The largest absolute Gasteiger partial charge is 0.493 e. The summed E-state index contributed by atoms with van der Waals surface area (Å²) in [6.45, 7) is 6.32. The van der Waals surface area contributed by atoms with E-state index in [0.717, 1.165) is 50.7 Å². The molecule has 36 heavy (non-hydrogen) atoms. The van der Waals surface area contributed by atoms with Crippen LogP contribution in [0.4, 0.5) is 11.4 Å². The van der Waals surface area contributed by atoms with Crippen LogP contribution in [-0.4, -0.2) is 82.5 Å². The van der Waals surface area contributed by atoms with Gasteiger partial charge in [0.25, 0.3) is 5.91 Å². The maximum atomic E-state index is 13.3. The lowest BCUT2D eigenvalue weighted by Crippen LogP contribution is -2.49. The molecule has 188 valence electrons. The number of amides is 1. The second kappa shape index (κ2) is 10.9. The molecule has 3 aromatic rings. The number of methoxy groups -OCH3 is 2. The Morgan fingerprint density at radius 2 is 1.42 bits per heavy atom. The Labute approximate surface area is 212 Å². The summed E-state index contributed by atoms with van der Waals surface area (Å²) in [6, 6.07) is 19.9. The fraction of sp³-hybridized carbons (Fsp3) is 0.357. The summed E-state index contributed by atoms with van der Waals surface area (Å²) < 4.78 is 16.2. The Hall–Kier alpha value is -3.78. The number of pyridine rings is 1. The van der Waals surface area contributed by atoms with E-state index in [1.54, 1.807) is 20.3 Å². The SMILES string of the molecule is COc1ccc(-c2cccc(C(=O)N3CCN(c4ccc(N5CCOCC5)cc4)CC3)n2)cc1OC. The van der Waals surface area contributed by atoms with Gasteiger partial charge < -0.3 is 28.9 Å². The van der Waals surface area contributed by atoms with Gasteiger partial charge in [0, 0.05) is 56.2 Å². The molecule has 0 unspecified atom stereocenters. The Bertz CT molecular complexity index is 1190. The van der Waals surface area contributed by atoms with Gasteiger partial charge in [-0.25, -0.2) is 4.98 Å². The van der Waals surface area contributed by atoms with Gasteiger partial charge in [-0.1, -0.05) is 6.07 Å². The number of piperazine rings is 1. The number of anilines is 2. The van der Waals surface area contributed by atoms with E-state index in [1.807, 2.05) is 35.2 Å². The number of rotatable bonds is 6.